The highest BCUT2D eigenvalue weighted by molar-refractivity contribution is 6.32. The molecular formula is C14H14ClFO3. The molecular weight excluding hydrogens is 271 g/mol. The Morgan fingerprint density at radius 2 is 2.26 bits per heavy atom. The highest BCUT2D eigenvalue weighted by Crippen LogP contribution is 2.36. The molecule has 0 saturated heterocycles. The standard InChI is InChI=1S/C14H14ClFO3/c1-7-3-9-5-10(14(17)18)11(8(2)16)6-19-13(9)12(15)4-7/h3-5,8,11H,6H2,1-2H3,(H,17,18). The highest BCUT2D eigenvalue weighted by atomic mass is 35.5. The van der Waals surface area contributed by atoms with Gasteiger partial charge in [0.1, 0.15) is 11.9 Å². The number of halogens is 2. The molecule has 3 nitrogen and oxygen atoms in total. The zero-order valence-electron chi connectivity index (χ0n) is 10.6. The molecule has 0 spiro atoms. The number of aliphatic carboxylic acids is 1. The van der Waals surface area contributed by atoms with Crippen molar-refractivity contribution < 1.29 is 19.0 Å². The Kier molecular flexibility index (Phi) is 3.80. The van der Waals surface area contributed by atoms with Gasteiger partial charge in [0.05, 0.1) is 17.5 Å². The third-order valence-electron chi connectivity index (χ3n) is 3.14. The number of benzene rings is 1. The van der Waals surface area contributed by atoms with Crippen LogP contribution in [-0.4, -0.2) is 23.9 Å². The van der Waals surface area contributed by atoms with Crippen molar-refractivity contribution in [2.24, 2.45) is 5.92 Å². The van der Waals surface area contributed by atoms with E-state index < -0.39 is 18.1 Å². The molecule has 0 saturated carbocycles. The highest BCUT2D eigenvalue weighted by Gasteiger charge is 2.30. The van der Waals surface area contributed by atoms with E-state index in [4.69, 9.17) is 16.3 Å². The number of carboxylic acids is 1. The fourth-order valence-corrected chi connectivity index (χ4v) is 2.49. The zero-order chi connectivity index (χ0) is 14.2. The van der Waals surface area contributed by atoms with E-state index in [9.17, 15) is 14.3 Å². The number of ether oxygens (including phenoxy) is 1. The van der Waals surface area contributed by atoms with Crippen molar-refractivity contribution in [3.05, 3.63) is 33.9 Å². The van der Waals surface area contributed by atoms with Gasteiger partial charge in [-0.15, -0.1) is 0 Å². The summed E-state index contributed by atoms with van der Waals surface area (Å²) in [5.41, 5.74) is 1.47. The molecule has 0 aliphatic carbocycles. The molecule has 0 amide bonds. The number of hydrogen-bond acceptors (Lipinski definition) is 2. The molecule has 1 aliphatic heterocycles. The van der Waals surface area contributed by atoms with Crippen LogP contribution in [-0.2, 0) is 4.79 Å². The van der Waals surface area contributed by atoms with Gasteiger partial charge in [-0.2, -0.15) is 0 Å². The number of rotatable bonds is 2. The smallest absolute Gasteiger partial charge is 0.332 e. The summed E-state index contributed by atoms with van der Waals surface area (Å²) >= 11 is 6.08. The van der Waals surface area contributed by atoms with E-state index in [1.807, 2.05) is 6.92 Å². The van der Waals surface area contributed by atoms with E-state index in [2.05, 4.69) is 0 Å². The maximum absolute atomic E-state index is 13.6. The fourth-order valence-electron chi connectivity index (χ4n) is 2.15. The Labute approximate surface area is 115 Å². The summed E-state index contributed by atoms with van der Waals surface area (Å²) in [6.07, 6.45) is 0.140. The van der Waals surface area contributed by atoms with Crippen LogP contribution in [0.2, 0.25) is 5.02 Å². The van der Waals surface area contributed by atoms with Crippen LogP contribution in [0.5, 0.6) is 5.75 Å². The molecule has 0 radical (unpaired) electrons. The van der Waals surface area contributed by atoms with Gasteiger partial charge in [-0.25, -0.2) is 9.18 Å². The molecule has 5 heteroatoms. The molecule has 1 aromatic carbocycles. The normalized spacial score (nSPS) is 19.8. The van der Waals surface area contributed by atoms with Crippen molar-refractivity contribution in [1.82, 2.24) is 0 Å². The number of carboxylic acid groups (broad SMARTS) is 1. The first-order chi connectivity index (χ1) is 8.90. The van der Waals surface area contributed by atoms with Gasteiger partial charge < -0.3 is 9.84 Å². The molecule has 102 valence electrons. The summed E-state index contributed by atoms with van der Waals surface area (Å²) in [7, 11) is 0. The summed E-state index contributed by atoms with van der Waals surface area (Å²) in [5, 5.41) is 9.63. The van der Waals surface area contributed by atoms with Gasteiger partial charge in [0.2, 0.25) is 0 Å². The van der Waals surface area contributed by atoms with Crippen LogP contribution in [0, 0.1) is 12.8 Å². The number of alkyl halides is 1. The lowest BCUT2D eigenvalue weighted by Crippen LogP contribution is -2.25. The maximum atomic E-state index is 13.6. The predicted molar refractivity (Wildman–Crippen MR) is 71.4 cm³/mol. The molecule has 2 atom stereocenters. The Balaban J connectivity index is 2.57. The minimum atomic E-state index is -1.31. The first-order valence-corrected chi connectivity index (χ1v) is 6.30. The van der Waals surface area contributed by atoms with Crippen LogP contribution in [0.3, 0.4) is 0 Å². The van der Waals surface area contributed by atoms with Crippen molar-refractivity contribution in [2.45, 2.75) is 20.0 Å². The van der Waals surface area contributed by atoms with E-state index in [-0.39, 0.29) is 12.2 Å². The second-order valence-corrected chi connectivity index (χ2v) is 5.07. The lowest BCUT2D eigenvalue weighted by molar-refractivity contribution is -0.133. The van der Waals surface area contributed by atoms with Gasteiger partial charge in [0.15, 0.2) is 0 Å². The largest absolute Gasteiger partial charge is 0.491 e. The molecule has 2 rings (SSSR count). The van der Waals surface area contributed by atoms with E-state index >= 15 is 0 Å². The molecule has 1 aromatic rings. The topological polar surface area (TPSA) is 46.5 Å². The van der Waals surface area contributed by atoms with E-state index in [1.54, 1.807) is 12.1 Å². The minimum Gasteiger partial charge on any atom is -0.491 e. The van der Waals surface area contributed by atoms with Crippen molar-refractivity contribution in [2.75, 3.05) is 6.61 Å². The summed E-state index contributed by atoms with van der Waals surface area (Å²) in [4.78, 5) is 11.3. The van der Waals surface area contributed by atoms with Gasteiger partial charge in [0.25, 0.3) is 0 Å². The minimum absolute atomic E-state index is 0.00965. The molecule has 1 N–H and O–H groups in total. The lowest BCUT2D eigenvalue weighted by Gasteiger charge is -2.17. The molecule has 1 aliphatic rings. The van der Waals surface area contributed by atoms with Gasteiger partial charge in [-0.05, 0) is 37.6 Å². The second-order valence-electron chi connectivity index (χ2n) is 4.66. The van der Waals surface area contributed by atoms with Gasteiger partial charge in [0, 0.05) is 11.1 Å². The summed E-state index contributed by atoms with van der Waals surface area (Å²) in [6, 6.07) is 3.50. The molecule has 0 bridgehead atoms. The van der Waals surface area contributed by atoms with Crippen LogP contribution in [0.4, 0.5) is 4.39 Å². The van der Waals surface area contributed by atoms with Crippen LogP contribution < -0.4 is 4.74 Å². The number of fused-ring (bicyclic) bond motifs is 1. The third-order valence-corrected chi connectivity index (χ3v) is 3.42. The van der Waals surface area contributed by atoms with Crippen LogP contribution >= 0.6 is 11.6 Å². The molecule has 19 heavy (non-hydrogen) atoms. The zero-order valence-corrected chi connectivity index (χ0v) is 11.4. The first kappa shape index (κ1) is 13.9. The van der Waals surface area contributed by atoms with Crippen molar-refractivity contribution in [1.29, 1.82) is 0 Å². The van der Waals surface area contributed by atoms with E-state index in [0.29, 0.717) is 16.3 Å². The monoisotopic (exact) mass is 284 g/mol. The Morgan fingerprint density at radius 1 is 1.58 bits per heavy atom. The Morgan fingerprint density at radius 3 is 2.84 bits per heavy atom. The second kappa shape index (κ2) is 5.21. The summed E-state index contributed by atoms with van der Waals surface area (Å²) < 4.78 is 19.1. The van der Waals surface area contributed by atoms with Crippen LogP contribution in [0.25, 0.3) is 6.08 Å². The van der Waals surface area contributed by atoms with Crippen molar-refractivity contribution in [3.8, 4) is 5.75 Å². The number of aryl methyl sites for hydroxylation is 1. The van der Waals surface area contributed by atoms with Crippen molar-refractivity contribution in [3.63, 3.8) is 0 Å². The summed E-state index contributed by atoms with van der Waals surface area (Å²) in [5.74, 6) is -1.53. The van der Waals surface area contributed by atoms with Crippen LogP contribution in [0.1, 0.15) is 18.1 Å². The van der Waals surface area contributed by atoms with Gasteiger partial charge in [-0.1, -0.05) is 11.6 Å². The van der Waals surface area contributed by atoms with Gasteiger partial charge in [-0.3, -0.25) is 0 Å². The molecule has 0 fully saturated rings. The molecule has 0 aromatic heterocycles. The van der Waals surface area contributed by atoms with Crippen LogP contribution in [0.15, 0.2) is 17.7 Å². The predicted octanol–water partition coefficient (Wildman–Crippen LogP) is 3.48. The third kappa shape index (κ3) is 2.73. The number of carbonyl (C=O) groups is 1. The van der Waals surface area contributed by atoms with E-state index in [1.165, 1.54) is 13.0 Å². The SMILES string of the molecule is Cc1cc(Cl)c2c(c1)C=C(C(=O)O)C(C(C)F)CO2. The molecule has 2 unspecified atom stereocenters. The Bertz CT molecular complexity index is 552. The lowest BCUT2D eigenvalue weighted by atomic mass is 9.94. The average molecular weight is 285 g/mol. The molecule has 1 heterocycles. The Hall–Kier alpha value is -1.55. The fraction of sp³-hybridized carbons (Fsp3) is 0.357. The van der Waals surface area contributed by atoms with Gasteiger partial charge >= 0.3 is 5.97 Å². The maximum Gasteiger partial charge on any atom is 0.332 e. The van der Waals surface area contributed by atoms with E-state index in [0.717, 1.165) is 5.56 Å². The summed E-state index contributed by atoms with van der Waals surface area (Å²) in [6.45, 7) is 3.14. The average Bonchev–Trinajstić information content (AvgIpc) is 2.48. The first-order valence-electron chi connectivity index (χ1n) is 5.92. The number of hydrogen-bond donors (Lipinski definition) is 1. The van der Waals surface area contributed by atoms with Crippen molar-refractivity contribution >= 4 is 23.6 Å². The quantitative estimate of drug-likeness (QED) is 0.904.